The lowest BCUT2D eigenvalue weighted by atomic mass is 10.1. The molecule has 3 heterocycles. The smallest absolute Gasteiger partial charge is 0.257 e. The number of thioether (sulfide) groups is 1. The molecule has 1 N–H and O–H groups in total. The molecule has 3 rings (SSSR count). The van der Waals surface area contributed by atoms with E-state index in [1.807, 2.05) is 31.4 Å². The fourth-order valence-corrected chi connectivity index (χ4v) is 4.59. The molecule has 2 aromatic heterocycles. The van der Waals surface area contributed by atoms with Crippen LogP contribution in [0, 0.1) is 6.92 Å². The Hall–Kier alpha value is -1.60. The standard InChI is InChI=1S/C16H19N3O2S2/c1-3-13-10(2)18-16-19(15(13)21)11(9-23-16)7-14(20)17-8-12-5-4-6-22-12/h4-6,11H,3,7-9H2,1-2H3,(H,17,20). The average molecular weight is 349 g/mol. The fraction of sp³-hybridized carbons (Fsp3) is 0.438. The number of hydrogen-bond donors (Lipinski definition) is 1. The van der Waals surface area contributed by atoms with Gasteiger partial charge in [0.2, 0.25) is 5.91 Å². The van der Waals surface area contributed by atoms with Gasteiger partial charge in [-0.1, -0.05) is 24.8 Å². The first kappa shape index (κ1) is 16.3. The van der Waals surface area contributed by atoms with Gasteiger partial charge >= 0.3 is 0 Å². The van der Waals surface area contributed by atoms with Crippen molar-refractivity contribution >= 4 is 29.0 Å². The Morgan fingerprint density at radius 3 is 3.04 bits per heavy atom. The number of amides is 1. The number of aryl methyl sites for hydroxylation is 1. The lowest BCUT2D eigenvalue weighted by molar-refractivity contribution is -0.121. The molecule has 0 aliphatic carbocycles. The Morgan fingerprint density at radius 2 is 2.35 bits per heavy atom. The molecule has 0 radical (unpaired) electrons. The molecule has 1 aliphatic heterocycles. The van der Waals surface area contributed by atoms with E-state index in [0.717, 1.165) is 27.0 Å². The van der Waals surface area contributed by atoms with Crippen molar-refractivity contribution < 1.29 is 4.79 Å². The Labute approximate surface area is 143 Å². The molecule has 1 unspecified atom stereocenters. The van der Waals surface area contributed by atoms with Crippen LogP contribution in [0.1, 0.15) is 35.5 Å². The van der Waals surface area contributed by atoms with Gasteiger partial charge in [0.15, 0.2) is 5.16 Å². The third-order valence-electron chi connectivity index (χ3n) is 3.97. The molecule has 5 nitrogen and oxygen atoms in total. The summed E-state index contributed by atoms with van der Waals surface area (Å²) in [6.07, 6.45) is 0.985. The zero-order valence-electron chi connectivity index (χ0n) is 13.2. The van der Waals surface area contributed by atoms with Crippen molar-refractivity contribution in [2.75, 3.05) is 5.75 Å². The molecule has 122 valence electrons. The molecule has 0 spiro atoms. The van der Waals surface area contributed by atoms with Crippen molar-refractivity contribution in [3.63, 3.8) is 0 Å². The first-order valence-electron chi connectivity index (χ1n) is 7.64. The number of carbonyl (C=O) groups excluding carboxylic acids is 1. The normalized spacial score (nSPS) is 16.3. The molecule has 2 aromatic rings. The number of fused-ring (bicyclic) bond motifs is 1. The zero-order chi connectivity index (χ0) is 16.4. The van der Waals surface area contributed by atoms with Gasteiger partial charge in [0.05, 0.1) is 12.6 Å². The number of thiophene rings is 1. The Balaban J connectivity index is 1.72. The van der Waals surface area contributed by atoms with Crippen LogP contribution in [0.25, 0.3) is 0 Å². The topological polar surface area (TPSA) is 64.0 Å². The summed E-state index contributed by atoms with van der Waals surface area (Å²) in [6.45, 7) is 4.39. The highest BCUT2D eigenvalue weighted by molar-refractivity contribution is 7.99. The number of aromatic nitrogens is 2. The van der Waals surface area contributed by atoms with Gasteiger partial charge in [-0.3, -0.25) is 14.2 Å². The van der Waals surface area contributed by atoms with Gasteiger partial charge in [-0.15, -0.1) is 11.3 Å². The summed E-state index contributed by atoms with van der Waals surface area (Å²) >= 11 is 3.18. The van der Waals surface area contributed by atoms with Crippen molar-refractivity contribution in [1.82, 2.24) is 14.9 Å². The van der Waals surface area contributed by atoms with Crippen molar-refractivity contribution in [2.45, 2.75) is 44.4 Å². The predicted molar refractivity (Wildman–Crippen MR) is 93.2 cm³/mol. The van der Waals surface area contributed by atoms with Gasteiger partial charge in [0.1, 0.15) is 0 Å². The second-order valence-electron chi connectivity index (χ2n) is 5.51. The van der Waals surface area contributed by atoms with E-state index < -0.39 is 0 Å². The minimum Gasteiger partial charge on any atom is -0.351 e. The summed E-state index contributed by atoms with van der Waals surface area (Å²) in [7, 11) is 0. The van der Waals surface area contributed by atoms with E-state index in [0.29, 0.717) is 19.4 Å². The molecule has 1 amide bonds. The number of nitrogens with one attached hydrogen (secondary N) is 1. The van der Waals surface area contributed by atoms with Gasteiger partial charge in [-0.25, -0.2) is 4.98 Å². The first-order chi connectivity index (χ1) is 11.1. The largest absolute Gasteiger partial charge is 0.351 e. The minimum absolute atomic E-state index is 0.0102. The number of rotatable bonds is 5. The zero-order valence-corrected chi connectivity index (χ0v) is 14.8. The number of hydrogen-bond acceptors (Lipinski definition) is 5. The van der Waals surface area contributed by atoms with Crippen LogP contribution >= 0.6 is 23.1 Å². The van der Waals surface area contributed by atoms with Crippen molar-refractivity contribution in [3.8, 4) is 0 Å². The van der Waals surface area contributed by atoms with Gasteiger partial charge in [-0.2, -0.15) is 0 Å². The Morgan fingerprint density at radius 1 is 1.52 bits per heavy atom. The number of nitrogens with zero attached hydrogens (tertiary/aromatic N) is 2. The maximum Gasteiger partial charge on any atom is 0.257 e. The van der Waals surface area contributed by atoms with Crippen molar-refractivity contribution in [1.29, 1.82) is 0 Å². The molecule has 0 saturated carbocycles. The number of carbonyl (C=O) groups is 1. The molecule has 0 bridgehead atoms. The molecule has 0 fully saturated rings. The quantitative estimate of drug-likeness (QED) is 0.843. The van der Waals surface area contributed by atoms with Crippen LogP contribution < -0.4 is 10.9 Å². The van der Waals surface area contributed by atoms with Gasteiger partial charge in [0.25, 0.3) is 5.56 Å². The minimum atomic E-state index is -0.107. The molecule has 7 heteroatoms. The van der Waals surface area contributed by atoms with E-state index in [1.54, 1.807) is 27.7 Å². The van der Waals surface area contributed by atoms with E-state index in [4.69, 9.17) is 0 Å². The van der Waals surface area contributed by atoms with E-state index in [-0.39, 0.29) is 17.5 Å². The average Bonchev–Trinajstić information content (AvgIpc) is 3.15. The van der Waals surface area contributed by atoms with E-state index in [2.05, 4.69) is 10.3 Å². The van der Waals surface area contributed by atoms with E-state index in [9.17, 15) is 9.59 Å². The summed E-state index contributed by atoms with van der Waals surface area (Å²) in [5.41, 5.74) is 1.57. The second kappa shape index (κ2) is 6.88. The maximum atomic E-state index is 12.6. The maximum absolute atomic E-state index is 12.6. The van der Waals surface area contributed by atoms with Crippen molar-refractivity contribution in [2.24, 2.45) is 0 Å². The third kappa shape index (κ3) is 3.35. The molecule has 0 saturated heterocycles. The summed E-state index contributed by atoms with van der Waals surface area (Å²) in [6, 6.07) is 3.86. The lowest BCUT2D eigenvalue weighted by Crippen LogP contribution is -2.32. The summed E-state index contributed by atoms with van der Waals surface area (Å²) in [5, 5.41) is 5.66. The van der Waals surface area contributed by atoms with Crippen LogP contribution in [0.15, 0.2) is 27.5 Å². The molecule has 1 aliphatic rings. The fourth-order valence-electron chi connectivity index (χ4n) is 2.76. The highest BCUT2D eigenvalue weighted by atomic mass is 32.2. The van der Waals surface area contributed by atoms with Crippen LogP contribution in [0.2, 0.25) is 0 Å². The van der Waals surface area contributed by atoms with Crippen LogP contribution in [-0.2, 0) is 17.8 Å². The highest BCUT2D eigenvalue weighted by Crippen LogP contribution is 2.32. The van der Waals surface area contributed by atoms with Crippen LogP contribution in [0.4, 0.5) is 0 Å². The van der Waals surface area contributed by atoms with E-state index >= 15 is 0 Å². The van der Waals surface area contributed by atoms with Crippen LogP contribution in [0.5, 0.6) is 0 Å². The summed E-state index contributed by atoms with van der Waals surface area (Å²) in [5.74, 6) is 0.698. The van der Waals surface area contributed by atoms with Gasteiger partial charge in [-0.05, 0) is 24.8 Å². The molecule has 1 atom stereocenters. The van der Waals surface area contributed by atoms with Crippen molar-refractivity contribution in [3.05, 3.63) is 44.0 Å². The third-order valence-corrected chi connectivity index (χ3v) is 5.94. The Kier molecular flexibility index (Phi) is 4.87. The van der Waals surface area contributed by atoms with Crippen LogP contribution in [-0.4, -0.2) is 21.2 Å². The molecule has 0 aromatic carbocycles. The lowest BCUT2D eigenvalue weighted by Gasteiger charge is -2.15. The SMILES string of the molecule is CCc1c(C)nc2n(c1=O)C(CC(=O)NCc1cccs1)CS2. The highest BCUT2D eigenvalue weighted by Gasteiger charge is 2.28. The summed E-state index contributed by atoms with van der Waals surface area (Å²) in [4.78, 5) is 30.5. The van der Waals surface area contributed by atoms with Gasteiger partial charge < -0.3 is 5.32 Å². The molecular formula is C16H19N3O2S2. The molecular weight excluding hydrogens is 330 g/mol. The van der Waals surface area contributed by atoms with Crippen LogP contribution in [0.3, 0.4) is 0 Å². The second-order valence-corrected chi connectivity index (χ2v) is 7.53. The van der Waals surface area contributed by atoms with Gasteiger partial charge in [0, 0.05) is 28.3 Å². The monoisotopic (exact) mass is 349 g/mol. The summed E-state index contributed by atoms with van der Waals surface area (Å²) < 4.78 is 1.71. The van der Waals surface area contributed by atoms with E-state index in [1.165, 1.54) is 0 Å². The predicted octanol–water partition coefficient (Wildman–Crippen LogP) is 2.53. The molecule has 23 heavy (non-hydrogen) atoms. The first-order valence-corrected chi connectivity index (χ1v) is 9.50. The Bertz CT molecular complexity index is 768.